The lowest BCUT2D eigenvalue weighted by molar-refractivity contribution is 0.0910. The van der Waals surface area contributed by atoms with Crippen LogP contribution in [-0.2, 0) is 0 Å². The molecule has 0 fully saturated rings. The van der Waals surface area contributed by atoms with Crippen molar-refractivity contribution in [2.24, 2.45) is 0 Å². The van der Waals surface area contributed by atoms with E-state index in [0.29, 0.717) is 34.1 Å². The summed E-state index contributed by atoms with van der Waals surface area (Å²) in [6.45, 7) is 0. The third kappa shape index (κ3) is 7.74. The van der Waals surface area contributed by atoms with Gasteiger partial charge in [-0.25, -0.2) is 9.80 Å². The van der Waals surface area contributed by atoms with Gasteiger partial charge in [-0.1, -0.05) is 103 Å². The van der Waals surface area contributed by atoms with Crippen molar-refractivity contribution in [1.29, 1.82) is 0 Å². The predicted octanol–water partition coefficient (Wildman–Crippen LogP) is 10.7. The maximum absolute atomic E-state index is 13.7. The Kier molecular flexibility index (Phi) is 10.3. The molecule has 0 saturated heterocycles. The smallest absolute Gasteiger partial charge is 0.266 e. The summed E-state index contributed by atoms with van der Waals surface area (Å²) in [4.78, 5) is 82.3. The van der Waals surface area contributed by atoms with E-state index in [9.17, 15) is 28.8 Å². The van der Waals surface area contributed by atoms with Gasteiger partial charge in [-0.2, -0.15) is 0 Å². The van der Waals surface area contributed by atoms with Gasteiger partial charge in [0.05, 0.1) is 33.6 Å². The number of imide groups is 2. The number of ether oxygens (including phenoxy) is 2. The average Bonchev–Trinajstić information content (AvgIpc) is 3.70. The Balaban J connectivity index is 0.872. The van der Waals surface area contributed by atoms with Crippen molar-refractivity contribution in [3.8, 4) is 23.0 Å². The van der Waals surface area contributed by atoms with E-state index in [1.165, 1.54) is 48.6 Å². The van der Waals surface area contributed by atoms with Gasteiger partial charge in [0, 0.05) is 17.2 Å². The zero-order chi connectivity index (χ0) is 42.7. The summed E-state index contributed by atoms with van der Waals surface area (Å²) in [6.07, 6.45) is 6.30. The molecule has 0 radical (unpaired) electrons. The first-order valence-electron chi connectivity index (χ1n) is 19.5. The number of allylic oxidation sites excluding steroid dienone is 2. The molecule has 0 aromatic heterocycles. The van der Waals surface area contributed by atoms with E-state index in [4.69, 9.17) is 9.47 Å². The first-order chi connectivity index (χ1) is 30.2. The van der Waals surface area contributed by atoms with Crippen LogP contribution in [0.1, 0.15) is 73.3 Å². The Bertz CT molecular complexity index is 2840. The van der Waals surface area contributed by atoms with E-state index in [0.717, 1.165) is 20.9 Å². The Labute approximate surface area is 355 Å². The number of rotatable bonds is 12. The number of anilines is 2. The van der Waals surface area contributed by atoms with Crippen molar-refractivity contribution in [2.45, 2.75) is 0 Å². The number of benzene rings is 7. The summed E-state index contributed by atoms with van der Waals surface area (Å²) in [5.41, 5.74) is 3.58. The van der Waals surface area contributed by atoms with Crippen LogP contribution >= 0.6 is 0 Å². The maximum atomic E-state index is 13.7. The number of hydrogen-bond donors (Lipinski definition) is 0. The van der Waals surface area contributed by atoms with Crippen molar-refractivity contribution in [3.63, 3.8) is 0 Å². The van der Waals surface area contributed by atoms with Crippen LogP contribution < -0.4 is 19.3 Å². The molecule has 10 heteroatoms. The number of carbonyl (C=O) groups is 6. The molecule has 0 spiro atoms. The lowest BCUT2D eigenvalue weighted by Gasteiger charge is -2.14. The van der Waals surface area contributed by atoms with Crippen molar-refractivity contribution >= 4 is 58.7 Å². The number of amides is 4. The van der Waals surface area contributed by atoms with Gasteiger partial charge in [0.15, 0.2) is 11.6 Å². The fraction of sp³-hybridized carbons (Fsp3) is 0. The molecule has 4 amide bonds. The summed E-state index contributed by atoms with van der Waals surface area (Å²) in [5.74, 6) is -1.42. The number of carbonyl (C=O) groups excluding carboxylic acids is 6. The lowest BCUT2D eigenvalue weighted by atomic mass is 10.1. The van der Waals surface area contributed by atoms with E-state index >= 15 is 0 Å². The normalized spacial score (nSPS) is 13.2. The quantitative estimate of drug-likeness (QED) is 0.0678. The summed E-state index contributed by atoms with van der Waals surface area (Å²) in [7, 11) is 0. The van der Waals surface area contributed by atoms with Gasteiger partial charge in [-0.15, -0.1) is 0 Å². The van der Waals surface area contributed by atoms with E-state index in [-0.39, 0.29) is 45.2 Å². The van der Waals surface area contributed by atoms with Crippen molar-refractivity contribution in [2.75, 3.05) is 9.80 Å². The van der Waals surface area contributed by atoms with E-state index < -0.39 is 23.6 Å². The van der Waals surface area contributed by atoms with Gasteiger partial charge < -0.3 is 9.47 Å². The molecular formula is C52H32N2O8. The predicted molar refractivity (Wildman–Crippen MR) is 234 cm³/mol. The molecule has 0 aliphatic carbocycles. The molecular weight excluding hydrogens is 781 g/mol. The Morgan fingerprint density at radius 2 is 0.758 bits per heavy atom. The minimum atomic E-state index is -0.558. The van der Waals surface area contributed by atoms with Crippen LogP contribution in [0.3, 0.4) is 0 Å². The highest BCUT2D eigenvalue weighted by atomic mass is 16.5. The fourth-order valence-corrected chi connectivity index (χ4v) is 7.17. The molecule has 0 atom stereocenters. The van der Waals surface area contributed by atoms with Gasteiger partial charge in [0.1, 0.15) is 23.0 Å². The molecule has 2 aliphatic rings. The first-order valence-corrected chi connectivity index (χ1v) is 19.5. The number of fused-ring (bicyclic) bond motifs is 2. The van der Waals surface area contributed by atoms with Crippen LogP contribution in [0.25, 0.3) is 12.2 Å². The van der Waals surface area contributed by atoms with Crippen LogP contribution in [-0.4, -0.2) is 35.2 Å². The minimum absolute atomic E-state index is 0.144. The topological polar surface area (TPSA) is 127 Å². The second-order valence-corrected chi connectivity index (χ2v) is 14.3. The summed E-state index contributed by atoms with van der Waals surface area (Å²) < 4.78 is 12.2. The Morgan fingerprint density at radius 3 is 1.19 bits per heavy atom. The van der Waals surface area contributed by atoms with Crippen LogP contribution in [0.4, 0.5) is 11.4 Å². The molecule has 7 aromatic carbocycles. The lowest BCUT2D eigenvalue weighted by Crippen LogP contribution is -2.29. The molecule has 0 N–H and O–H groups in total. The number of nitrogens with zero attached hydrogens (tertiary/aromatic N) is 2. The second kappa shape index (κ2) is 16.5. The largest absolute Gasteiger partial charge is 0.457 e. The Morgan fingerprint density at radius 1 is 0.371 bits per heavy atom. The molecule has 9 rings (SSSR count). The van der Waals surface area contributed by atoms with Gasteiger partial charge in [0.2, 0.25) is 0 Å². The van der Waals surface area contributed by atoms with Crippen molar-refractivity contribution in [1.82, 2.24) is 0 Å². The van der Waals surface area contributed by atoms with Gasteiger partial charge in [-0.3, -0.25) is 28.8 Å². The summed E-state index contributed by atoms with van der Waals surface area (Å²) >= 11 is 0. The zero-order valence-electron chi connectivity index (χ0n) is 32.6. The van der Waals surface area contributed by atoms with Crippen LogP contribution in [0.15, 0.2) is 182 Å². The number of ketones is 2. The molecule has 0 bridgehead atoms. The highest BCUT2D eigenvalue weighted by Crippen LogP contribution is 2.36. The number of hydrogen-bond acceptors (Lipinski definition) is 8. The van der Waals surface area contributed by atoms with Crippen molar-refractivity contribution < 1.29 is 38.2 Å². The van der Waals surface area contributed by atoms with Crippen LogP contribution in [0.5, 0.6) is 23.0 Å². The highest BCUT2D eigenvalue weighted by molar-refractivity contribution is 6.35. The van der Waals surface area contributed by atoms with Gasteiger partial charge in [0.25, 0.3) is 23.6 Å². The highest BCUT2D eigenvalue weighted by Gasteiger charge is 2.38. The average molecular weight is 813 g/mol. The standard InChI is InChI=1S/C52H32N2O8/c55-47(26-20-33-10-3-1-4-11-33)35-14-7-16-37(28-35)53-49(57)43-24-22-41(31-45(43)51(53)59)61-39-18-9-19-40(30-39)62-42-23-25-44-46(32-42)52(60)54(50(44)58)38-17-8-15-36(29-38)48(56)27-21-34-12-5-2-6-13-34/h1-32H/b26-20+,27-21+. The molecule has 10 nitrogen and oxygen atoms in total. The van der Waals surface area contributed by atoms with Crippen molar-refractivity contribution in [3.05, 3.63) is 227 Å². The zero-order valence-corrected chi connectivity index (χ0v) is 32.6. The molecule has 7 aromatic rings. The fourth-order valence-electron chi connectivity index (χ4n) is 7.17. The first kappa shape index (κ1) is 38.7. The molecule has 0 unspecified atom stereocenters. The summed E-state index contributed by atoms with van der Waals surface area (Å²) in [5, 5.41) is 0. The Hall–Kier alpha value is -8.76. The van der Waals surface area contributed by atoms with E-state index in [2.05, 4.69) is 0 Å². The minimum Gasteiger partial charge on any atom is -0.457 e. The molecule has 298 valence electrons. The van der Waals surface area contributed by atoms with E-state index in [1.54, 1.807) is 84.9 Å². The second-order valence-electron chi connectivity index (χ2n) is 14.3. The molecule has 2 aliphatic heterocycles. The molecule has 2 heterocycles. The SMILES string of the molecule is O=C(/C=C/c1ccccc1)c1cccc(N2C(=O)c3ccc(Oc4cccc(Oc5ccc6c(c5)C(=O)N(c5cccc(C(=O)/C=C/c7ccccc7)c5)C6=O)c4)cc3C2=O)c1. The molecule has 0 saturated carbocycles. The maximum Gasteiger partial charge on any atom is 0.266 e. The summed E-state index contributed by atoms with van der Waals surface area (Å²) in [6, 6.07) is 47.4. The third-order valence-corrected chi connectivity index (χ3v) is 10.2. The van der Waals surface area contributed by atoms with Gasteiger partial charge in [-0.05, 0) is 96.1 Å². The monoisotopic (exact) mass is 812 g/mol. The van der Waals surface area contributed by atoms with Gasteiger partial charge >= 0.3 is 0 Å². The third-order valence-electron chi connectivity index (χ3n) is 10.2. The van der Waals surface area contributed by atoms with Crippen LogP contribution in [0, 0.1) is 0 Å². The molecule has 62 heavy (non-hydrogen) atoms. The van der Waals surface area contributed by atoms with Crippen LogP contribution in [0.2, 0.25) is 0 Å². The van der Waals surface area contributed by atoms with E-state index in [1.807, 2.05) is 60.7 Å².